The number of carbonyl (C=O) groups is 2. The summed E-state index contributed by atoms with van der Waals surface area (Å²) in [7, 11) is 0. The molecule has 1 N–H and O–H groups in total. The van der Waals surface area contributed by atoms with Gasteiger partial charge in [-0.2, -0.15) is 0 Å². The van der Waals surface area contributed by atoms with Gasteiger partial charge in [0.1, 0.15) is 17.1 Å². The van der Waals surface area contributed by atoms with Crippen molar-refractivity contribution in [2.75, 3.05) is 0 Å². The Hall–Kier alpha value is -4.20. The van der Waals surface area contributed by atoms with E-state index in [-0.39, 0.29) is 17.9 Å². The number of amides is 1. The van der Waals surface area contributed by atoms with Gasteiger partial charge in [0.15, 0.2) is 5.76 Å². The molecule has 5 heterocycles. The minimum Gasteiger partial charge on any atom is -0.505 e. The minimum absolute atomic E-state index is 0.00157. The minimum atomic E-state index is -0.813. The number of hydrogen-bond acceptors (Lipinski definition) is 6. The van der Waals surface area contributed by atoms with E-state index >= 15 is 0 Å². The molecule has 8 nitrogen and oxygen atoms in total. The topological polar surface area (TPSA) is 101 Å². The van der Waals surface area contributed by atoms with Crippen LogP contribution in [0.15, 0.2) is 77.3 Å². The highest BCUT2D eigenvalue weighted by Crippen LogP contribution is 2.40. The Morgan fingerprint density at radius 1 is 1.16 bits per heavy atom. The molecule has 1 fully saturated rings. The molecule has 31 heavy (non-hydrogen) atoms. The molecular formula is C23H18N4O4. The van der Waals surface area contributed by atoms with Gasteiger partial charge in [-0.05, 0) is 42.8 Å². The van der Waals surface area contributed by atoms with E-state index in [0.717, 1.165) is 0 Å². The fourth-order valence-electron chi connectivity index (χ4n) is 4.02. The molecule has 1 atom stereocenters. The summed E-state index contributed by atoms with van der Waals surface area (Å²) in [4.78, 5) is 36.1. The number of carbonyl (C=O) groups excluding carboxylic acids is 2. The molecule has 0 saturated carbocycles. The molecule has 0 spiro atoms. The van der Waals surface area contributed by atoms with Crippen molar-refractivity contribution in [3.63, 3.8) is 0 Å². The van der Waals surface area contributed by atoms with Gasteiger partial charge in [-0.25, -0.2) is 4.98 Å². The highest BCUT2D eigenvalue weighted by molar-refractivity contribution is 6.46. The van der Waals surface area contributed by atoms with E-state index in [4.69, 9.17) is 4.42 Å². The molecule has 1 aliphatic heterocycles. The fourth-order valence-corrected chi connectivity index (χ4v) is 4.02. The monoisotopic (exact) mass is 414 g/mol. The smallest absolute Gasteiger partial charge is 0.296 e. The van der Waals surface area contributed by atoms with Crippen molar-refractivity contribution < 1.29 is 19.1 Å². The number of pyridine rings is 2. The lowest BCUT2D eigenvalue weighted by Gasteiger charge is -2.24. The Kier molecular flexibility index (Phi) is 4.39. The SMILES string of the molecule is Cc1nc2ccccn2c1C(O)=C1C(=O)C(=O)N(Cc2ccco2)C1c1cccnc1. The van der Waals surface area contributed by atoms with E-state index in [1.807, 2.05) is 6.07 Å². The second kappa shape index (κ2) is 7.24. The molecule has 0 bridgehead atoms. The van der Waals surface area contributed by atoms with Crippen molar-refractivity contribution in [3.05, 3.63) is 95.6 Å². The van der Waals surface area contributed by atoms with E-state index in [9.17, 15) is 14.7 Å². The third-order valence-corrected chi connectivity index (χ3v) is 5.37. The first-order valence-corrected chi connectivity index (χ1v) is 9.71. The molecule has 0 aliphatic carbocycles. The van der Waals surface area contributed by atoms with Gasteiger partial charge in [0.2, 0.25) is 0 Å². The lowest BCUT2D eigenvalue weighted by molar-refractivity contribution is -0.140. The predicted molar refractivity (Wildman–Crippen MR) is 111 cm³/mol. The zero-order valence-corrected chi connectivity index (χ0v) is 16.6. The lowest BCUT2D eigenvalue weighted by atomic mass is 9.97. The van der Waals surface area contributed by atoms with Gasteiger partial charge < -0.3 is 14.4 Å². The molecule has 1 unspecified atom stereocenters. The maximum atomic E-state index is 13.1. The number of ketones is 1. The molecule has 1 amide bonds. The number of aliphatic hydroxyl groups excluding tert-OH is 1. The number of Topliss-reactive ketones (excluding diaryl/α,β-unsaturated/α-hetero) is 1. The van der Waals surface area contributed by atoms with Crippen LogP contribution in [-0.4, -0.2) is 36.1 Å². The lowest BCUT2D eigenvalue weighted by Crippen LogP contribution is -2.29. The molecule has 8 heteroatoms. The van der Waals surface area contributed by atoms with Gasteiger partial charge in [0.25, 0.3) is 11.7 Å². The first-order valence-electron chi connectivity index (χ1n) is 9.71. The van der Waals surface area contributed by atoms with Crippen LogP contribution < -0.4 is 0 Å². The summed E-state index contributed by atoms with van der Waals surface area (Å²) in [6.45, 7) is 1.83. The number of furan rings is 1. The van der Waals surface area contributed by atoms with Crippen molar-refractivity contribution in [2.45, 2.75) is 19.5 Å². The number of rotatable bonds is 4. The summed E-state index contributed by atoms with van der Waals surface area (Å²) in [5.74, 6) is -1.21. The maximum absolute atomic E-state index is 13.1. The standard InChI is InChI=1S/C23H18N4O4/c1-14-19(26-10-3-2-8-17(26)25-14)21(28)18-20(15-6-4-9-24-12-15)27(23(30)22(18)29)13-16-7-5-11-31-16/h2-12,20,28H,13H2,1H3. The third kappa shape index (κ3) is 3.00. The zero-order chi connectivity index (χ0) is 21.5. The van der Waals surface area contributed by atoms with E-state index in [1.54, 1.807) is 66.3 Å². The number of fused-ring (bicyclic) bond motifs is 1. The van der Waals surface area contributed by atoms with Gasteiger partial charge in [-0.3, -0.25) is 19.0 Å². The van der Waals surface area contributed by atoms with Crippen LogP contribution in [0.4, 0.5) is 0 Å². The number of imidazole rings is 1. The molecule has 0 aromatic carbocycles. The van der Waals surface area contributed by atoms with Crippen LogP contribution in [-0.2, 0) is 16.1 Å². The van der Waals surface area contributed by atoms with Crippen LogP contribution in [0.1, 0.15) is 28.8 Å². The Balaban J connectivity index is 1.72. The molecule has 5 rings (SSSR count). The second-order valence-corrected chi connectivity index (χ2v) is 7.27. The highest BCUT2D eigenvalue weighted by Gasteiger charge is 2.47. The van der Waals surface area contributed by atoms with Crippen molar-refractivity contribution >= 4 is 23.1 Å². The predicted octanol–water partition coefficient (Wildman–Crippen LogP) is 3.25. The first-order chi connectivity index (χ1) is 15.1. The summed E-state index contributed by atoms with van der Waals surface area (Å²) in [6, 6.07) is 11.6. The normalized spacial score (nSPS) is 18.2. The number of hydrogen-bond donors (Lipinski definition) is 1. The molecular weight excluding hydrogens is 396 g/mol. The van der Waals surface area contributed by atoms with Crippen molar-refractivity contribution in [2.24, 2.45) is 0 Å². The van der Waals surface area contributed by atoms with E-state index < -0.39 is 17.7 Å². The molecule has 4 aromatic heterocycles. The number of aromatic nitrogens is 3. The van der Waals surface area contributed by atoms with Crippen LogP contribution in [0.2, 0.25) is 0 Å². The number of aliphatic hydroxyl groups is 1. The van der Waals surface area contributed by atoms with Crippen LogP contribution >= 0.6 is 0 Å². The molecule has 1 saturated heterocycles. The van der Waals surface area contributed by atoms with Gasteiger partial charge >= 0.3 is 0 Å². The second-order valence-electron chi connectivity index (χ2n) is 7.27. The van der Waals surface area contributed by atoms with Crippen LogP contribution in [0.25, 0.3) is 11.4 Å². The van der Waals surface area contributed by atoms with Gasteiger partial charge in [-0.15, -0.1) is 0 Å². The average Bonchev–Trinajstić information content (AvgIpc) is 3.47. The quantitative estimate of drug-likeness (QED) is 0.313. The number of aryl methyl sites for hydroxylation is 1. The Bertz CT molecular complexity index is 1320. The fraction of sp³-hybridized carbons (Fsp3) is 0.130. The summed E-state index contributed by atoms with van der Waals surface area (Å²) < 4.78 is 7.09. The van der Waals surface area contributed by atoms with E-state index in [1.165, 1.54) is 11.2 Å². The van der Waals surface area contributed by atoms with Crippen LogP contribution in [0.3, 0.4) is 0 Å². The Labute approximate surface area is 177 Å². The third-order valence-electron chi connectivity index (χ3n) is 5.37. The summed E-state index contributed by atoms with van der Waals surface area (Å²) in [5.41, 5.74) is 2.16. The molecule has 0 radical (unpaired) electrons. The summed E-state index contributed by atoms with van der Waals surface area (Å²) in [6.07, 6.45) is 6.45. The summed E-state index contributed by atoms with van der Waals surface area (Å²) >= 11 is 0. The Morgan fingerprint density at radius 3 is 2.77 bits per heavy atom. The van der Waals surface area contributed by atoms with Gasteiger partial charge in [0, 0.05) is 18.6 Å². The van der Waals surface area contributed by atoms with Crippen molar-refractivity contribution in [1.82, 2.24) is 19.3 Å². The van der Waals surface area contributed by atoms with Crippen LogP contribution in [0.5, 0.6) is 0 Å². The highest BCUT2D eigenvalue weighted by atomic mass is 16.3. The molecule has 154 valence electrons. The zero-order valence-electron chi connectivity index (χ0n) is 16.6. The first kappa shape index (κ1) is 18.8. The maximum Gasteiger partial charge on any atom is 0.296 e. The van der Waals surface area contributed by atoms with Crippen molar-refractivity contribution in [1.29, 1.82) is 0 Å². The number of likely N-dealkylation sites (tertiary alicyclic amines) is 1. The number of nitrogens with zero attached hydrogens (tertiary/aromatic N) is 4. The molecule has 1 aliphatic rings. The largest absolute Gasteiger partial charge is 0.505 e. The molecule has 4 aromatic rings. The Morgan fingerprint density at radius 2 is 2.03 bits per heavy atom. The van der Waals surface area contributed by atoms with Gasteiger partial charge in [-0.1, -0.05) is 12.1 Å². The van der Waals surface area contributed by atoms with Crippen molar-refractivity contribution in [3.8, 4) is 0 Å². The average molecular weight is 414 g/mol. The van der Waals surface area contributed by atoms with Gasteiger partial charge in [0.05, 0.1) is 30.1 Å². The van der Waals surface area contributed by atoms with E-state index in [0.29, 0.717) is 28.4 Å². The van der Waals surface area contributed by atoms with E-state index in [2.05, 4.69) is 9.97 Å². The van der Waals surface area contributed by atoms with Crippen LogP contribution in [0, 0.1) is 6.92 Å². The summed E-state index contributed by atoms with van der Waals surface area (Å²) in [5, 5.41) is 11.3.